The molecule has 0 spiro atoms. The summed E-state index contributed by atoms with van der Waals surface area (Å²) in [6.07, 6.45) is 1.10. The molecule has 9 heavy (non-hydrogen) atoms. The van der Waals surface area contributed by atoms with E-state index in [1.54, 1.807) is 0 Å². The van der Waals surface area contributed by atoms with Gasteiger partial charge in [-0.15, -0.1) is 0 Å². The normalized spacial score (nSPS) is 36.7. The zero-order chi connectivity index (χ0) is 6.69. The maximum Gasteiger partial charge on any atom is 0.0594 e. The first-order valence-corrected chi connectivity index (χ1v) is 4.18. The van der Waals surface area contributed by atoms with E-state index >= 15 is 0 Å². The molecule has 3 heteroatoms. The first-order valence-electron chi connectivity index (χ1n) is 3.26. The number of hydrogen-bond donors (Lipinski definition) is 1. The molecule has 0 aromatic rings. The van der Waals surface area contributed by atoms with Crippen molar-refractivity contribution >= 4 is 15.9 Å². The number of alkyl halides is 1. The van der Waals surface area contributed by atoms with Crippen LogP contribution in [-0.4, -0.2) is 24.6 Å². The Kier molecular flexibility index (Phi) is 2.95. The topological polar surface area (TPSA) is 35.2 Å². The highest BCUT2D eigenvalue weighted by Crippen LogP contribution is 2.20. The summed E-state index contributed by atoms with van der Waals surface area (Å²) in [6, 6.07) is 0. The number of rotatable bonds is 1. The lowest BCUT2D eigenvalue weighted by Crippen LogP contribution is -2.32. The predicted molar refractivity (Wildman–Crippen MR) is 40.7 cm³/mol. The molecular formula is C6H12BrNO. The third-order valence-corrected chi connectivity index (χ3v) is 2.74. The van der Waals surface area contributed by atoms with Gasteiger partial charge >= 0.3 is 0 Å². The van der Waals surface area contributed by atoms with Crippen molar-refractivity contribution < 1.29 is 4.74 Å². The van der Waals surface area contributed by atoms with Gasteiger partial charge in [-0.05, 0) is 18.9 Å². The predicted octanol–water partition coefficient (Wildman–Crippen LogP) is 0.745. The van der Waals surface area contributed by atoms with E-state index in [0.717, 1.165) is 26.2 Å². The van der Waals surface area contributed by atoms with Gasteiger partial charge in [0.15, 0.2) is 0 Å². The summed E-state index contributed by atoms with van der Waals surface area (Å²) >= 11 is 3.51. The molecule has 0 radical (unpaired) electrons. The lowest BCUT2D eigenvalue weighted by molar-refractivity contribution is 0.0762. The Hall–Kier alpha value is 0.400. The number of hydrogen-bond acceptors (Lipinski definition) is 2. The molecule has 2 N–H and O–H groups in total. The highest BCUT2D eigenvalue weighted by atomic mass is 79.9. The molecule has 0 aromatic carbocycles. The Morgan fingerprint density at radius 2 is 2.44 bits per heavy atom. The third-order valence-electron chi connectivity index (χ3n) is 1.72. The molecule has 1 heterocycles. The Labute approximate surface area is 63.9 Å². The summed E-state index contributed by atoms with van der Waals surface area (Å²) in [5, 5.41) is 0. The molecule has 0 aliphatic carbocycles. The quantitative estimate of drug-likeness (QED) is 0.625. The minimum atomic E-state index is 0.483. The summed E-state index contributed by atoms with van der Waals surface area (Å²) < 4.78 is 5.21. The van der Waals surface area contributed by atoms with Gasteiger partial charge in [-0.1, -0.05) is 15.9 Å². The van der Waals surface area contributed by atoms with Crippen LogP contribution >= 0.6 is 15.9 Å². The molecule has 0 amide bonds. The highest BCUT2D eigenvalue weighted by Gasteiger charge is 2.21. The summed E-state index contributed by atoms with van der Waals surface area (Å²) in [5.41, 5.74) is 5.51. The van der Waals surface area contributed by atoms with Crippen molar-refractivity contribution in [3.8, 4) is 0 Å². The number of ether oxygens (including phenoxy) is 1. The lowest BCUT2D eigenvalue weighted by Gasteiger charge is -2.25. The van der Waals surface area contributed by atoms with Gasteiger partial charge in [-0.25, -0.2) is 0 Å². The summed E-state index contributed by atoms with van der Waals surface area (Å²) in [4.78, 5) is 0.483. The smallest absolute Gasteiger partial charge is 0.0594 e. The highest BCUT2D eigenvalue weighted by molar-refractivity contribution is 9.09. The van der Waals surface area contributed by atoms with Crippen LogP contribution in [0.15, 0.2) is 0 Å². The third kappa shape index (κ3) is 1.92. The molecule has 54 valence electrons. The van der Waals surface area contributed by atoms with Crippen molar-refractivity contribution in [2.75, 3.05) is 19.8 Å². The Bertz CT molecular complexity index is 89.1. The molecule has 1 fully saturated rings. The maximum absolute atomic E-state index is 5.51. The van der Waals surface area contributed by atoms with Crippen LogP contribution in [0.25, 0.3) is 0 Å². The average molecular weight is 194 g/mol. The summed E-state index contributed by atoms with van der Waals surface area (Å²) in [7, 11) is 0. The molecule has 1 aliphatic heterocycles. The zero-order valence-electron chi connectivity index (χ0n) is 5.35. The van der Waals surface area contributed by atoms with E-state index in [9.17, 15) is 0 Å². The van der Waals surface area contributed by atoms with Crippen LogP contribution in [0.1, 0.15) is 6.42 Å². The van der Waals surface area contributed by atoms with E-state index in [1.807, 2.05) is 0 Å². The minimum absolute atomic E-state index is 0.483. The van der Waals surface area contributed by atoms with Gasteiger partial charge in [0.1, 0.15) is 0 Å². The molecule has 0 saturated carbocycles. The van der Waals surface area contributed by atoms with Gasteiger partial charge in [-0.2, -0.15) is 0 Å². The van der Waals surface area contributed by atoms with Crippen LogP contribution in [0.4, 0.5) is 0 Å². The van der Waals surface area contributed by atoms with E-state index < -0.39 is 0 Å². The van der Waals surface area contributed by atoms with Gasteiger partial charge in [0.25, 0.3) is 0 Å². The number of halogens is 1. The van der Waals surface area contributed by atoms with Crippen molar-refractivity contribution in [3.05, 3.63) is 0 Å². The second kappa shape index (κ2) is 3.54. The monoisotopic (exact) mass is 193 g/mol. The fourth-order valence-electron chi connectivity index (χ4n) is 1.01. The molecule has 0 bridgehead atoms. The molecular weight excluding hydrogens is 182 g/mol. The van der Waals surface area contributed by atoms with Gasteiger partial charge in [0.2, 0.25) is 0 Å². The van der Waals surface area contributed by atoms with Crippen LogP contribution in [-0.2, 0) is 4.74 Å². The van der Waals surface area contributed by atoms with E-state index in [2.05, 4.69) is 15.9 Å². The number of nitrogens with two attached hydrogens (primary N) is 1. The Balaban J connectivity index is 2.30. The zero-order valence-corrected chi connectivity index (χ0v) is 6.93. The van der Waals surface area contributed by atoms with Gasteiger partial charge < -0.3 is 10.5 Å². The van der Waals surface area contributed by atoms with Crippen molar-refractivity contribution in [1.82, 2.24) is 0 Å². The van der Waals surface area contributed by atoms with E-state index in [0.29, 0.717) is 10.7 Å². The molecule has 2 nitrogen and oxygen atoms in total. The van der Waals surface area contributed by atoms with Gasteiger partial charge in [0, 0.05) is 11.4 Å². The largest absolute Gasteiger partial charge is 0.380 e. The summed E-state index contributed by atoms with van der Waals surface area (Å²) in [5.74, 6) is 0.624. The molecule has 1 rings (SSSR count). The average Bonchev–Trinajstić information content (AvgIpc) is 1.89. The molecule has 1 aliphatic rings. The minimum Gasteiger partial charge on any atom is -0.380 e. The fourth-order valence-corrected chi connectivity index (χ4v) is 1.68. The second-order valence-electron chi connectivity index (χ2n) is 2.38. The van der Waals surface area contributed by atoms with Gasteiger partial charge in [0.05, 0.1) is 6.61 Å². The lowest BCUT2D eigenvalue weighted by atomic mass is 10.0. The van der Waals surface area contributed by atoms with Crippen LogP contribution in [0.5, 0.6) is 0 Å². The maximum atomic E-state index is 5.51. The van der Waals surface area contributed by atoms with E-state index in [1.165, 1.54) is 0 Å². The Morgan fingerprint density at radius 1 is 1.67 bits per heavy atom. The standard InChI is InChI=1S/C6H12BrNO/c7-6-4-9-2-1-5(6)3-8/h5-6H,1-4,8H2. The van der Waals surface area contributed by atoms with Crippen LogP contribution < -0.4 is 5.73 Å². The van der Waals surface area contributed by atoms with Crippen LogP contribution in [0.2, 0.25) is 0 Å². The van der Waals surface area contributed by atoms with Crippen molar-refractivity contribution in [2.24, 2.45) is 11.7 Å². The van der Waals surface area contributed by atoms with Crippen LogP contribution in [0.3, 0.4) is 0 Å². The Morgan fingerprint density at radius 3 is 2.89 bits per heavy atom. The fraction of sp³-hybridized carbons (Fsp3) is 1.00. The van der Waals surface area contributed by atoms with Crippen molar-refractivity contribution in [3.63, 3.8) is 0 Å². The van der Waals surface area contributed by atoms with Gasteiger partial charge in [-0.3, -0.25) is 0 Å². The molecule has 2 atom stereocenters. The van der Waals surface area contributed by atoms with Crippen LogP contribution in [0, 0.1) is 5.92 Å². The van der Waals surface area contributed by atoms with Crippen molar-refractivity contribution in [2.45, 2.75) is 11.2 Å². The van der Waals surface area contributed by atoms with Crippen molar-refractivity contribution in [1.29, 1.82) is 0 Å². The first kappa shape index (κ1) is 7.51. The molecule has 2 unspecified atom stereocenters. The first-order chi connectivity index (χ1) is 4.34. The van der Waals surface area contributed by atoms with E-state index in [-0.39, 0.29) is 0 Å². The summed E-state index contributed by atoms with van der Waals surface area (Å²) in [6.45, 7) is 2.48. The SMILES string of the molecule is NCC1CCOCC1Br. The van der Waals surface area contributed by atoms with E-state index in [4.69, 9.17) is 10.5 Å². The molecule has 1 saturated heterocycles. The second-order valence-corrected chi connectivity index (χ2v) is 3.55. The molecule has 0 aromatic heterocycles.